The second-order valence-corrected chi connectivity index (χ2v) is 4.97. The summed E-state index contributed by atoms with van der Waals surface area (Å²) in [6, 6.07) is 7.84. The Morgan fingerprint density at radius 3 is 2.70 bits per heavy atom. The molecule has 0 fully saturated rings. The van der Waals surface area contributed by atoms with Crippen LogP contribution in [0.4, 0.5) is 0 Å². The molecule has 1 aromatic carbocycles. The molecule has 1 heterocycles. The van der Waals surface area contributed by atoms with Crippen molar-refractivity contribution in [2.45, 2.75) is 32.7 Å². The van der Waals surface area contributed by atoms with Crippen LogP contribution in [0.15, 0.2) is 30.5 Å². The summed E-state index contributed by atoms with van der Waals surface area (Å²) in [5.41, 5.74) is 1.63. The lowest BCUT2D eigenvalue weighted by atomic mass is 10.1. The lowest BCUT2D eigenvalue weighted by Gasteiger charge is -2.30. The zero-order chi connectivity index (χ0) is 14.5. The van der Waals surface area contributed by atoms with E-state index in [9.17, 15) is 9.90 Å². The van der Waals surface area contributed by atoms with Gasteiger partial charge in [0.2, 0.25) is 0 Å². The first-order chi connectivity index (χ1) is 9.71. The molecule has 2 rings (SSSR count). The molecule has 0 radical (unpaired) electrons. The van der Waals surface area contributed by atoms with E-state index in [1.807, 2.05) is 30.5 Å². The Kier molecular flexibility index (Phi) is 4.79. The highest BCUT2D eigenvalue weighted by Gasteiger charge is 2.22. The Balaban J connectivity index is 2.29. The van der Waals surface area contributed by atoms with Crippen LogP contribution in [0, 0.1) is 0 Å². The third kappa shape index (κ3) is 2.85. The van der Waals surface area contributed by atoms with Gasteiger partial charge in [-0.15, -0.1) is 0 Å². The van der Waals surface area contributed by atoms with Gasteiger partial charge in [-0.1, -0.05) is 19.9 Å². The first kappa shape index (κ1) is 14.6. The van der Waals surface area contributed by atoms with Crippen molar-refractivity contribution in [2.24, 2.45) is 0 Å². The number of benzene rings is 1. The Morgan fingerprint density at radius 2 is 2.05 bits per heavy atom. The van der Waals surface area contributed by atoms with Gasteiger partial charge in [0.15, 0.2) is 0 Å². The summed E-state index contributed by atoms with van der Waals surface area (Å²) in [4.78, 5) is 17.6. The molecule has 0 saturated carbocycles. The molecule has 20 heavy (non-hydrogen) atoms. The van der Waals surface area contributed by atoms with Gasteiger partial charge in [-0.3, -0.25) is 4.79 Å². The van der Waals surface area contributed by atoms with Gasteiger partial charge in [0.25, 0.3) is 5.91 Å². The third-order valence-electron chi connectivity index (χ3n) is 3.79. The van der Waals surface area contributed by atoms with Crippen molar-refractivity contribution >= 4 is 16.8 Å². The first-order valence-corrected chi connectivity index (χ1v) is 7.20. The van der Waals surface area contributed by atoms with E-state index in [4.69, 9.17) is 0 Å². The van der Waals surface area contributed by atoms with Crippen LogP contribution in [-0.4, -0.2) is 40.1 Å². The Hall–Kier alpha value is -1.81. The topological polar surface area (TPSA) is 56.3 Å². The molecule has 0 spiro atoms. The van der Waals surface area contributed by atoms with Crippen molar-refractivity contribution in [2.75, 3.05) is 13.2 Å². The van der Waals surface area contributed by atoms with Gasteiger partial charge in [0, 0.05) is 29.9 Å². The van der Waals surface area contributed by atoms with Crippen LogP contribution in [0.5, 0.6) is 0 Å². The molecular formula is C16H22N2O2. The van der Waals surface area contributed by atoms with Crippen molar-refractivity contribution in [3.8, 4) is 0 Å². The number of hydrogen-bond acceptors (Lipinski definition) is 2. The van der Waals surface area contributed by atoms with Crippen LogP contribution in [0.2, 0.25) is 0 Å². The molecule has 108 valence electrons. The smallest absolute Gasteiger partial charge is 0.254 e. The zero-order valence-electron chi connectivity index (χ0n) is 12.1. The van der Waals surface area contributed by atoms with Crippen LogP contribution in [0.3, 0.4) is 0 Å². The van der Waals surface area contributed by atoms with Gasteiger partial charge in [0.05, 0.1) is 6.61 Å². The number of nitrogens with one attached hydrogen (secondary N) is 1. The Labute approximate surface area is 119 Å². The number of rotatable bonds is 6. The fourth-order valence-electron chi connectivity index (χ4n) is 2.63. The number of fused-ring (bicyclic) bond motifs is 1. The highest BCUT2D eigenvalue weighted by molar-refractivity contribution is 5.98. The second kappa shape index (κ2) is 6.57. The summed E-state index contributed by atoms with van der Waals surface area (Å²) in [5, 5.41) is 10.3. The van der Waals surface area contributed by atoms with E-state index in [0.29, 0.717) is 12.1 Å². The standard InChI is InChI=1S/C16H22N2O2/c1-3-14(4-2)18(9-10-19)16(20)13-6-5-12-7-8-17-15(12)11-13/h5-8,11,14,17,19H,3-4,9-10H2,1-2H3. The number of carbonyl (C=O) groups is 1. The molecule has 2 aromatic rings. The molecule has 0 aliphatic carbocycles. The maximum atomic E-state index is 12.7. The van der Waals surface area contributed by atoms with Crippen molar-refractivity contribution in [1.82, 2.24) is 9.88 Å². The third-order valence-corrected chi connectivity index (χ3v) is 3.79. The summed E-state index contributed by atoms with van der Waals surface area (Å²) in [7, 11) is 0. The number of aliphatic hydroxyl groups excluding tert-OH is 1. The number of carbonyl (C=O) groups excluding carboxylic acids is 1. The largest absolute Gasteiger partial charge is 0.395 e. The van der Waals surface area contributed by atoms with E-state index in [-0.39, 0.29) is 18.6 Å². The molecule has 1 amide bonds. The monoisotopic (exact) mass is 274 g/mol. The number of nitrogens with zero attached hydrogens (tertiary/aromatic N) is 1. The van der Waals surface area contributed by atoms with Crippen LogP contribution in [-0.2, 0) is 0 Å². The molecule has 0 atom stereocenters. The average molecular weight is 274 g/mol. The van der Waals surface area contributed by atoms with Gasteiger partial charge in [-0.2, -0.15) is 0 Å². The van der Waals surface area contributed by atoms with Crippen LogP contribution in [0.1, 0.15) is 37.0 Å². The Bertz CT molecular complexity index is 573. The number of aromatic nitrogens is 1. The molecule has 0 aliphatic rings. The summed E-state index contributed by atoms with van der Waals surface area (Å²) in [6.45, 7) is 4.51. The average Bonchev–Trinajstić information content (AvgIpc) is 2.94. The quantitative estimate of drug-likeness (QED) is 0.851. The predicted molar refractivity (Wildman–Crippen MR) is 80.8 cm³/mol. The fourth-order valence-corrected chi connectivity index (χ4v) is 2.63. The van der Waals surface area contributed by atoms with E-state index >= 15 is 0 Å². The van der Waals surface area contributed by atoms with Gasteiger partial charge in [-0.25, -0.2) is 0 Å². The van der Waals surface area contributed by atoms with E-state index < -0.39 is 0 Å². The molecule has 1 aromatic heterocycles. The number of H-pyrrole nitrogens is 1. The molecule has 0 aliphatic heterocycles. The Morgan fingerprint density at radius 1 is 1.30 bits per heavy atom. The number of hydrogen-bond donors (Lipinski definition) is 2. The number of amides is 1. The minimum Gasteiger partial charge on any atom is -0.395 e. The molecular weight excluding hydrogens is 252 g/mol. The summed E-state index contributed by atoms with van der Waals surface area (Å²) < 4.78 is 0. The number of aromatic amines is 1. The summed E-state index contributed by atoms with van der Waals surface area (Å²) in [6.07, 6.45) is 3.66. The van der Waals surface area contributed by atoms with Crippen molar-refractivity contribution in [3.05, 3.63) is 36.0 Å². The van der Waals surface area contributed by atoms with Gasteiger partial charge >= 0.3 is 0 Å². The maximum Gasteiger partial charge on any atom is 0.254 e. The van der Waals surface area contributed by atoms with Crippen molar-refractivity contribution in [3.63, 3.8) is 0 Å². The lowest BCUT2D eigenvalue weighted by molar-refractivity contribution is 0.0622. The van der Waals surface area contributed by atoms with Crippen LogP contribution in [0.25, 0.3) is 10.9 Å². The van der Waals surface area contributed by atoms with Gasteiger partial charge < -0.3 is 15.0 Å². The van der Waals surface area contributed by atoms with Gasteiger partial charge in [-0.05, 0) is 36.4 Å². The minimum absolute atomic E-state index is 0.00696. The van der Waals surface area contributed by atoms with E-state index in [0.717, 1.165) is 23.7 Å². The van der Waals surface area contributed by atoms with Crippen molar-refractivity contribution < 1.29 is 9.90 Å². The van der Waals surface area contributed by atoms with E-state index in [1.54, 1.807) is 4.90 Å². The summed E-state index contributed by atoms with van der Waals surface area (Å²) in [5.74, 6) is -0.00995. The normalized spacial score (nSPS) is 11.2. The SMILES string of the molecule is CCC(CC)N(CCO)C(=O)c1ccc2cc[nH]c2c1. The predicted octanol–water partition coefficient (Wildman–Crippen LogP) is 2.79. The van der Waals surface area contributed by atoms with E-state index in [1.165, 1.54) is 0 Å². The molecule has 2 N–H and O–H groups in total. The number of aliphatic hydroxyl groups is 1. The molecule has 4 heteroatoms. The highest BCUT2D eigenvalue weighted by atomic mass is 16.3. The molecule has 0 saturated heterocycles. The first-order valence-electron chi connectivity index (χ1n) is 7.20. The zero-order valence-corrected chi connectivity index (χ0v) is 12.1. The van der Waals surface area contributed by atoms with Crippen LogP contribution >= 0.6 is 0 Å². The van der Waals surface area contributed by atoms with Crippen molar-refractivity contribution in [1.29, 1.82) is 0 Å². The fraction of sp³-hybridized carbons (Fsp3) is 0.438. The molecule has 0 unspecified atom stereocenters. The maximum absolute atomic E-state index is 12.7. The van der Waals surface area contributed by atoms with Gasteiger partial charge in [0.1, 0.15) is 0 Å². The second-order valence-electron chi connectivity index (χ2n) is 4.97. The minimum atomic E-state index is -0.00995. The summed E-state index contributed by atoms with van der Waals surface area (Å²) >= 11 is 0. The van der Waals surface area contributed by atoms with Crippen LogP contribution < -0.4 is 0 Å². The molecule has 0 bridgehead atoms. The lowest BCUT2D eigenvalue weighted by Crippen LogP contribution is -2.41. The van der Waals surface area contributed by atoms with E-state index in [2.05, 4.69) is 18.8 Å². The molecule has 4 nitrogen and oxygen atoms in total. The highest BCUT2D eigenvalue weighted by Crippen LogP contribution is 2.18.